The maximum absolute atomic E-state index is 13.8. The number of nitrogens with two attached hydrogens (primary N) is 2. The van der Waals surface area contributed by atoms with Crippen LogP contribution in [0.15, 0.2) is 59.6 Å². The summed E-state index contributed by atoms with van der Waals surface area (Å²) in [5, 5.41) is 3.09. The standard InChI is InChI=1S/C27H32FN5O/c1-18-5-6-20(28)16-23(18)24-17-25(29)26(15-19(24)2)32-27(30)31-21-7-9-22(10-8-21)34-14-13-33-11-3-4-12-33/h5-10,15-17H,3-4,11-14,29H2,1-2H3,(H3,30,31,32). The molecule has 0 amide bonds. The van der Waals surface area contributed by atoms with Crippen LogP contribution in [0.3, 0.4) is 0 Å². The molecule has 0 saturated carbocycles. The van der Waals surface area contributed by atoms with Crippen molar-refractivity contribution in [2.24, 2.45) is 10.7 Å². The van der Waals surface area contributed by atoms with Crippen molar-refractivity contribution >= 4 is 23.0 Å². The van der Waals surface area contributed by atoms with E-state index < -0.39 is 0 Å². The van der Waals surface area contributed by atoms with Crippen molar-refractivity contribution in [2.45, 2.75) is 26.7 Å². The Labute approximate surface area is 200 Å². The van der Waals surface area contributed by atoms with Crippen molar-refractivity contribution in [3.8, 4) is 16.9 Å². The number of hydrogen-bond acceptors (Lipinski definition) is 4. The van der Waals surface area contributed by atoms with E-state index in [2.05, 4.69) is 15.2 Å². The van der Waals surface area contributed by atoms with E-state index in [1.807, 2.05) is 50.2 Å². The fourth-order valence-electron chi connectivity index (χ4n) is 4.22. The number of rotatable bonds is 7. The maximum Gasteiger partial charge on any atom is 0.198 e. The normalized spacial score (nSPS) is 14.4. The molecule has 1 heterocycles. The topological polar surface area (TPSA) is 88.9 Å². The SMILES string of the molecule is Cc1ccc(F)cc1-c1cc(N)c(N=C(N)Nc2ccc(OCCN3CCCC3)cc2)cc1C. The minimum absolute atomic E-state index is 0.225. The van der Waals surface area contributed by atoms with Crippen LogP contribution in [0.2, 0.25) is 0 Å². The molecule has 1 aliphatic heterocycles. The molecule has 0 radical (unpaired) electrons. The van der Waals surface area contributed by atoms with Crippen molar-refractivity contribution in [3.63, 3.8) is 0 Å². The Morgan fingerprint density at radius 1 is 1.00 bits per heavy atom. The van der Waals surface area contributed by atoms with Gasteiger partial charge >= 0.3 is 0 Å². The summed E-state index contributed by atoms with van der Waals surface area (Å²) in [4.78, 5) is 6.88. The first-order chi connectivity index (χ1) is 16.4. The van der Waals surface area contributed by atoms with Crippen LogP contribution in [-0.2, 0) is 0 Å². The van der Waals surface area contributed by atoms with Crippen LogP contribution in [-0.4, -0.2) is 37.1 Å². The number of aryl methyl sites for hydroxylation is 2. The highest BCUT2D eigenvalue weighted by Gasteiger charge is 2.12. The molecule has 0 bridgehead atoms. The van der Waals surface area contributed by atoms with Gasteiger partial charge in [0, 0.05) is 12.2 Å². The first-order valence-electron chi connectivity index (χ1n) is 11.6. The largest absolute Gasteiger partial charge is 0.492 e. The van der Waals surface area contributed by atoms with Gasteiger partial charge in [0.25, 0.3) is 0 Å². The second-order valence-corrected chi connectivity index (χ2v) is 8.73. The van der Waals surface area contributed by atoms with E-state index in [0.29, 0.717) is 18.0 Å². The summed E-state index contributed by atoms with van der Waals surface area (Å²) in [5.41, 5.74) is 17.8. The number of ether oxygens (including phenoxy) is 1. The van der Waals surface area contributed by atoms with E-state index >= 15 is 0 Å². The number of nitrogen functional groups attached to an aromatic ring is 1. The van der Waals surface area contributed by atoms with Crippen LogP contribution in [0.1, 0.15) is 24.0 Å². The fourth-order valence-corrected chi connectivity index (χ4v) is 4.22. The summed E-state index contributed by atoms with van der Waals surface area (Å²) in [5.74, 6) is 0.768. The molecule has 0 aromatic heterocycles. The lowest BCUT2D eigenvalue weighted by Crippen LogP contribution is -2.25. The zero-order valence-electron chi connectivity index (χ0n) is 19.8. The molecule has 6 nitrogen and oxygen atoms in total. The number of nitrogens with one attached hydrogen (secondary N) is 1. The van der Waals surface area contributed by atoms with E-state index in [1.165, 1.54) is 38.1 Å². The Kier molecular flexibility index (Phi) is 7.33. The van der Waals surface area contributed by atoms with Gasteiger partial charge in [0.2, 0.25) is 0 Å². The molecule has 1 aliphatic rings. The van der Waals surface area contributed by atoms with E-state index in [4.69, 9.17) is 16.2 Å². The maximum atomic E-state index is 13.8. The van der Waals surface area contributed by atoms with Gasteiger partial charge in [-0.25, -0.2) is 9.38 Å². The highest BCUT2D eigenvalue weighted by molar-refractivity contribution is 5.95. The van der Waals surface area contributed by atoms with Gasteiger partial charge in [0.1, 0.15) is 18.2 Å². The Morgan fingerprint density at radius 3 is 2.44 bits per heavy atom. The average molecular weight is 462 g/mol. The van der Waals surface area contributed by atoms with Gasteiger partial charge in [-0.1, -0.05) is 6.07 Å². The molecule has 0 spiro atoms. The molecule has 178 valence electrons. The predicted molar refractivity (Wildman–Crippen MR) is 138 cm³/mol. The highest BCUT2D eigenvalue weighted by atomic mass is 19.1. The minimum atomic E-state index is -0.280. The van der Waals surface area contributed by atoms with Gasteiger partial charge in [-0.05, 0) is 111 Å². The van der Waals surface area contributed by atoms with Crippen LogP contribution in [0.25, 0.3) is 11.1 Å². The number of hydrogen-bond donors (Lipinski definition) is 3. The molecule has 4 rings (SSSR count). The third kappa shape index (κ3) is 5.85. The summed E-state index contributed by atoms with van der Waals surface area (Å²) in [7, 11) is 0. The van der Waals surface area contributed by atoms with Crippen molar-refractivity contribution in [1.82, 2.24) is 4.90 Å². The lowest BCUT2D eigenvalue weighted by molar-refractivity contribution is 0.238. The predicted octanol–water partition coefficient (Wildman–Crippen LogP) is 5.22. The molecule has 5 N–H and O–H groups in total. The quantitative estimate of drug-likeness (QED) is 0.255. The van der Waals surface area contributed by atoms with Crippen LogP contribution < -0.4 is 21.5 Å². The monoisotopic (exact) mass is 461 g/mol. The van der Waals surface area contributed by atoms with Crippen molar-refractivity contribution in [2.75, 3.05) is 37.3 Å². The van der Waals surface area contributed by atoms with Crippen LogP contribution in [0.5, 0.6) is 5.75 Å². The van der Waals surface area contributed by atoms with E-state index in [-0.39, 0.29) is 11.8 Å². The Balaban J connectivity index is 1.40. The lowest BCUT2D eigenvalue weighted by Gasteiger charge is -2.15. The van der Waals surface area contributed by atoms with Gasteiger partial charge in [0.05, 0.1) is 11.4 Å². The molecule has 34 heavy (non-hydrogen) atoms. The summed E-state index contributed by atoms with van der Waals surface area (Å²) in [6.07, 6.45) is 2.57. The van der Waals surface area contributed by atoms with Crippen LogP contribution in [0, 0.1) is 19.7 Å². The van der Waals surface area contributed by atoms with Crippen LogP contribution >= 0.6 is 0 Å². The number of nitrogens with zero attached hydrogens (tertiary/aromatic N) is 2. The number of halogens is 1. The molecule has 3 aromatic rings. The van der Waals surface area contributed by atoms with E-state index in [9.17, 15) is 4.39 Å². The molecular formula is C27H32FN5O. The Hall–Kier alpha value is -3.58. The van der Waals surface area contributed by atoms with Gasteiger partial charge in [-0.15, -0.1) is 0 Å². The summed E-state index contributed by atoms with van der Waals surface area (Å²) < 4.78 is 19.6. The summed E-state index contributed by atoms with van der Waals surface area (Å²) in [6.45, 7) is 7.87. The van der Waals surface area contributed by atoms with Crippen LogP contribution in [0.4, 0.5) is 21.5 Å². The van der Waals surface area contributed by atoms with Gasteiger partial charge in [-0.3, -0.25) is 4.90 Å². The molecule has 1 fully saturated rings. The number of likely N-dealkylation sites (tertiary alicyclic amines) is 1. The molecule has 0 atom stereocenters. The first kappa shape index (κ1) is 23.6. The molecule has 1 saturated heterocycles. The Morgan fingerprint density at radius 2 is 1.71 bits per heavy atom. The van der Waals surface area contributed by atoms with Crippen molar-refractivity contribution in [1.29, 1.82) is 0 Å². The average Bonchev–Trinajstić information content (AvgIpc) is 3.32. The molecule has 7 heteroatoms. The fraction of sp³-hybridized carbons (Fsp3) is 0.296. The minimum Gasteiger partial charge on any atom is -0.492 e. The molecule has 0 aliphatic carbocycles. The first-order valence-corrected chi connectivity index (χ1v) is 11.6. The second kappa shape index (κ2) is 10.6. The van der Waals surface area contributed by atoms with E-state index in [0.717, 1.165) is 40.2 Å². The van der Waals surface area contributed by atoms with Crippen molar-refractivity contribution < 1.29 is 9.13 Å². The molecule has 0 unspecified atom stereocenters. The number of anilines is 2. The molecular weight excluding hydrogens is 429 g/mol. The van der Waals surface area contributed by atoms with Gasteiger partial charge in [-0.2, -0.15) is 0 Å². The summed E-state index contributed by atoms with van der Waals surface area (Å²) in [6, 6.07) is 16.0. The van der Waals surface area contributed by atoms with Crippen molar-refractivity contribution in [3.05, 3.63) is 71.5 Å². The molecule has 3 aromatic carbocycles. The highest BCUT2D eigenvalue weighted by Crippen LogP contribution is 2.34. The zero-order chi connectivity index (χ0) is 24.1. The third-order valence-corrected chi connectivity index (χ3v) is 6.11. The number of benzene rings is 3. The third-order valence-electron chi connectivity index (χ3n) is 6.11. The smallest absolute Gasteiger partial charge is 0.198 e. The zero-order valence-corrected chi connectivity index (χ0v) is 19.8. The lowest BCUT2D eigenvalue weighted by atomic mass is 9.95. The Bertz CT molecular complexity index is 1170. The number of guanidine groups is 1. The number of aliphatic imine (C=N–C) groups is 1. The van der Waals surface area contributed by atoms with Gasteiger partial charge < -0.3 is 21.5 Å². The summed E-state index contributed by atoms with van der Waals surface area (Å²) >= 11 is 0. The second-order valence-electron chi connectivity index (χ2n) is 8.73. The van der Waals surface area contributed by atoms with Gasteiger partial charge in [0.15, 0.2) is 5.96 Å². The van der Waals surface area contributed by atoms with E-state index in [1.54, 1.807) is 6.07 Å².